The van der Waals surface area contributed by atoms with Crippen LogP contribution in [0.2, 0.25) is 0 Å². The number of benzene rings is 2. The highest BCUT2D eigenvalue weighted by atomic mass is 32.2. The summed E-state index contributed by atoms with van der Waals surface area (Å²) in [6.45, 7) is 0. The lowest BCUT2D eigenvalue weighted by atomic mass is 10.1. The zero-order valence-electron chi connectivity index (χ0n) is 14.6. The van der Waals surface area contributed by atoms with Crippen LogP contribution in [0.15, 0.2) is 59.8 Å². The summed E-state index contributed by atoms with van der Waals surface area (Å²) in [5.41, 5.74) is -0.327. The number of hydrogen-bond acceptors (Lipinski definition) is 3. The number of sulfonamides is 1. The first-order valence-electron chi connectivity index (χ1n) is 8.14. The van der Waals surface area contributed by atoms with Crippen molar-refractivity contribution in [2.24, 2.45) is 0 Å². The van der Waals surface area contributed by atoms with Gasteiger partial charge in [-0.1, -0.05) is 12.1 Å². The molecule has 3 aromatic rings. The molecule has 0 aliphatic rings. The van der Waals surface area contributed by atoms with E-state index in [1.165, 1.54) is 30.6 Å². The van der Waals surface area contributed by atoms with E-state index < -0.39 is 27.6 Å². The van der Waals surface area contributed by atoms with Crippen LogP contribution >= 0.6 is 0 Å². The van der Waals surface area contributed by atoms with Crippen LogP contribution in [0.5, 0.6) is 0 Å². The number of hydrogen-bond donors (Lipinski definition) is 2. The van der Waals surface area contributed by atoms with Crippen LogP contribution in [0, 0.1) is 17.1 Å². The lowest BCUT2D eigenvalue weighted by molar-refractivity contribution is -0.137. The normalized spacial score (nSPS) is 11.8. The van der Waals surface area contributed by atoms with Gasteiger partial charge in [-0.15, -0.1) is 0 Å². The van der Waals surface area contributed by atoms with Gasteiger partial charge in [0.15, 0.2) is 0 Å². The van der Waals surface area contributed by atoms with Crippen molar-refractivity contribution in [3.63, 3.8) is 0 Å². The zero-order valence-corrected chi connectivity index (χ0v) is 15.4. The largest absolute Gasteiger partial charge is 0.416 e. The monoisotopic (exact) mass is 423 g/mol. The average molecular weight is 423 g/mol. The fourth-order valence-corrected chi connectivity index (χ4v) is 3.93. The molecule has 5 nitrogen and oxygen atoms in total. The minimum absolute atomic E-state index is 0.0371. The molecule has 0 unspecified atom stereocenters. The molecule has 1 heterocycles. The van der Waals surface area contributed by atoms with Gasteiger partial charge in [0.1, 0.15) is 10.7 Å². The molecule has 0 fully saturated rings. The Hall–Kier alpha value is -3.32. The summed E-state index contributed by atoms with van der Waals surface area (Å²) < 4.78 is 79.4. The van der Waals surface area contributed by atoms with Gasteiger partial charge in [-0.25, -0.2) is 12.8 Å². The highest BCUT2D eigenvalue weighted by molar-refractivity contribution is 7.92. The van der Waals surface area contributed by atoms with Gasteiger partial charge in [0, 0.05) is 18.8 Å². The van der Waals surface area contributed by atoms with Crippen LogP contribution < -0.4 is 4.72 Å². The molecule has 2 aromatic carbocycles. The summed E-state index contributed by atoms with van der Waals surface area (Å²) in [5.74, 6) is -0.910. The van der Waals surface area contributed by atoms with Crippen LogP contribution in [-0.4, -0.2) is 13.4 Å². The Labute approximate surface area is 163 Å². The molecule has 0 amide bonds. The van der Waals surface area contributed by atoms with Crippen LogP contribution in [-0.2, 0) is 22.6 Å². The standard InChI is InChI=1S/C19H13F4N3O2S/c20-16-8-13(9-24)3-6-17(16)26-29(27,28)18-11-25-10-14(18)7-12-1-4-15(5-2-12)19(21,22)23/h1-6,8,10-11,25-26H,7H2. The number of nitrogens with one attached hydrogen (secondary N) is 2. The summed E-state index contributed by atoms with van der Waals surface area (Å²) in [6.07, 6.45) is -1.81. The Morgan fingerprint density at radius 2 is 1.76 bits per heavy atom. The highest BCUT2D eigenvalue weighted by Gasteiger charge is 2.30. The van der Waals surface area contributed by atoms with Crippen molar-refractivity contribution in [2.75, 3.05) is 4.72 Å². The minimum Gasteiger partial charge on any atom is -0.366 e. The Bertz CT molecular complexity index is 1180. The Balaban J connectivity index is 1.84. The topological polar surface area (TPSA) is 85.8 Å². The van der Waals surface area contributed by atoms with E-state index in [1.54, 1.807) is 6.07 Å². The number of nitriles is 1. The van der Waals surface area contributed by atoms with Crippen molar-refractivity contribution < 1.29 is 26.0 Å². The fraction of sp³-hybridized carbons (Fsp3) is 0.105. The van der Waals surface area contributed by atoms with E-state index in [4.69, 9.17) is 5.26 Å². The fourth-order valence-electron chi connectivity index (χ4n) is 2.67. The number of rotatable bonds is 5. The average Bonchev–Trinajstić information content (AvgIpc) is 3.12. The number of nitrogens with zero attached hydrogens (tertiary/aromatic N) is 1. The van der Waals surface area contributed by atoms with Crippen molar-refractivity contribution in [3.8, 4) is 6.07 Å². The van der Waals surface area contributed by atoms with Crippen LogP contribution in [0.1, 0.15) is 22.3 Å². The quantitative estimate of drug-likeness (QED) is 0.595. The van der Waals surface area contributed by atoms with Crippen molar-refractivity contribution >= 4 is 15.7 Å². The molecule has 2 N–H and O–H groups in total. The number of aromatic amines is 1. The van der Waals surface area contributed by atoms with E-state index in [1.807, 2.05) is 0 Å². The first-order chi connectivity index (χ1) is 13.6. The first-order valence-corrected chi connectivity index (χ1v) is 9.63. The molecule has 3 rings (SSSR count). The third kappa shape index (κ3) is 4.57. The molecule has 1 aromatic heterocycles. The summed E-state index contributed by atoms with van der Waals surface area (Å²) in [4.78, 5) is 2.48. The SMILES string of the molecule is N#Cc1ccc(NS(=O)(=O)c2c[nH]cc2Cc2ccc(C(F)(F)F)cc2)c(F)c1. The van der Waals surface area contributed by atoms with Gasteiger partial charge in [0.2, 0.25) is 0 Å². The van der Waals surface area contributed by atoms with E-state index in [2.05, 4.69) is 9.71 Å². The van der Waals surface area contributed by atoms with Gasteiger partial charge in [-0.2, -0.15) is 18.4 Å². The van der Waals surface area contributed by atoms with Crippen molar-refractivity contribution in [2.45, 2.75) is 17.5 Å². The minimum atomic E-state index is -4.46. The Morgan fingerprint density at radius 1 is 1.07 bits per heavy atom. The van der Waals surface area contributed by atoms with Gasteiger partial charge < -0.3 is 4.98 Å². The summed E-state index contributed by atoms with van der Waals surface area (Å²) in [5, 5.41) is 8.75. The zero-order chi connectivity index (χ0) is 21.2. The van der Waals surface area contributed by atoms with Gasteiger partial charge in [0.25, 0.3) is 10.0 Å². The maximum Gasteiger partial charge on any atom is 0.416 e. The number of aromatic nitrogens is 1. The summed E-state index contributed by atoms with van der Waals surface area (Å²) in [6, 6.07) is 9.40. The predicted molar refractivity (Wildman–Crippen MR) is 97.0 cm³/mol. The second-order valence-corrected chi connectivity index (χ2v) is 7.78. The molecule has 0 aliphatic heterocycles. The van der Waals surface area contributed by atoms with Gasteiger partial charge >= 0.3 is 6.18 Å². The molecular weight excluding hydrogens is 410 g/mol. The molecule has 0 radical (unpaired) electrons. The smallest absolute Gasteiger partial charge is 0.366 e. The molecule has 150 valence electrons. The third-order valence-electron chi connectivity index (χ3n) is 4.10. The lowest BCUT2D eigenvalue weighted by Gasteiger charge is -2.11. The number of H-pyrrole nitrogens is 1. The van der Waals surface area contributed by atoms with E-state index in [9.17, 15) is 26.0 Å². The molecule has 0 bridgehead atoms. The Kier molecular flexibility index (Phi) is 5.35. The second-order valence-electron chi connectivity index (χ2n) is 6.13. The molecular formula is C19H13F4N3O2S. The van der Waals surface area contributed by atoms with Gasteiger partial charge in [-0.3, -0.25) is 4.72 Å². The number of anilines is 1. The van der Waals surface area contributed by atoms with Crippen LogP contribution in [0.3, 0.4) is 0 Å². The molecule has 10 heteroatoms. The second kappa shape index (κ2) is 7.60. The molecule has 0 saturated heterocycles. The van der Waals surface area contributed by atoms with E-state index in [0.29, 0.717) is 11.1 Å². The predicted octanol–water partition coefficient (Wildman–Crippen LogP) is 4.44. The van der Waals surface area contributed by atoms with E-state index in [0.717, 1.165) is 24.3 Å². The van der Waals surface area contributed by atoms with Crippen LogP contribution in [0.25, 0.3) is 0 Å². The lowest BCUT2D eigenvalue weighted by Crippen LogP contribution is -2.15. The number of halogens is 4. The van der Waals surface area contributed by atoms with Crippen molar-refractivity contribution in [1.82, 2.24) is 4.98 Å². The first kappa shape index (κ1) is 20.4. The van der Waals surface area contributed by atoms with Gasteiger partial charge in [0.05, 0.1) is 22.9 Å². The van der Waals surface area contributed by atoms with Gasteiger partial charge in [-0.05, 0) is 41.5 Å². The molecule has 0 saturated carbocycles. The maximum atomic E-state index is 14.0. The van der Waals surface area contributed by atoms with Crippen molar-refractivity contribution in [1.29, 1.82) is 5.26 Å². The van der Waals surface area contributed by atoms with E-state index in [-0.39, 0.29) is 22.6 Å². The van der Waals surface area contributed by atoms with Crippen molar-refractivity contribution in [3.05, 3.63) is 82.9 Å². The number of alkyl halides is 3. The maximum absolute atomic E-state index is 14.0. The molecule has 0 atom stereocenters. The Morgan fingerprint density at radius 3 is 2.34 bits per heavy atom. The third-order valence-corrected chi connectivity index (χ3v) is 5.54. The summed E-state index contributed by atoms with van der Waals surface area (Å²) >= 11 is 0. The molecule has 0 aliphatic carbocycles. The molecule has 0 spiro atoms. The molecule has 29 heavy (non-hydrogen) atoms. The summed E-state index contributed by atoms with van der Waals surface area (Å²) in [7, 11) is -4.18. The highest BCUT2D eigenvalue weighted by Crippen LogP contribution is 2.30. The van der Waals surface area contributed by atoms with Crippen LogP contribution in [0.4, 0.5) is 23.2 Å². The van der Waals surface area contributed by atoms with E-state index >= 15 is 0 Å².